The average Bonchev–Trinajstić information content (AvgIpc) is 1.97. The van der Waals surface area contributed by atoms with Crippen LogP contribution in [-0.4, -0.2) is 26.3 Å². The molecule has 2 nitrogen and oxygen atoms in total. The summed E-state index contributed by atoms with van der Waals surface area (Å²) in [5, 5.41) is 3.14. The fourth-order valence-electron chi connectivity index (χ4n) is 0.509. The summed E-state index contributed by atoms with van der Waals surface area (Å²) in [5.74, 6) is 0. The van der Waals surface area contributed by atoms with Crippen molar-refractivity contribution in [3.63, 3.8) is 0 Å². The molecule has 10 heavy (non-hydrogen) atoms. The van der Waals surface area contributed by atoms with Gasteiger partial charge in [0.05, 0.1) is 13.2 Å². The highest BCUT2D eigenvalue weighted by Gasteiger charge is 1.82. The lowest BCUT2D eigenvalue weighted by atomic mass is 10.6. The topological polar surface area (TPSA) is 21.3 Å². The van der Waals surface area contributed by atoms with E-state index in [1.165, 1.54) is 5.54 Å². The van der Waals surface area contributed by atoms with Gasteiger partial charge in [-0.25, -0.2) is 0 Å². The second-order valence-electron chi connectivity index (χ2n) is 1.79. The molecule has 0 radical (unpaired) electrons. The van der Waals surface area contributed by atoms with Gasteiger partial charge in [0, 0.05) is 12.1 Å². The van der Waals surface area contributed by atoms with Crippen molar-refractivity contribution in [2.45, 2.75) is 6.92 Å². The molecule has 0 amide bonds. The van der Waals surface area contributed by atoms with E-state index in [0.29, 0.717) is 6.61 Å². The van der Waals surface area contributed by atoms with Gasteiger partial charge in [0.15, 0.2) is 0 Å². The first-order chi connectivity index (χ1) is 4.91. The smallest absolute Gasteiger partial charge is 0.0659 e. The molecule has 0 aromatic rings. The Balaban J connectivity index is 2.77. The SMILES string of the molecule is CCNCCOC/C=C/Cl. The maximum Gasteiger partial charge on any atom is 0.0659 e. The van der Waals surface area contributed by atoms with E-state index in [1.807, 2.05) is 0 Å². The van der Waals surface area contributed by atoms with E-state index in [0.717, 1.165) is 19.7 Å². The predicted octanol–water partition coefficient (Wildman–Crippen LogP) is 1.36. The molecule has 0 heterocycles. The molecule has 0 spiro atoms. The van der Waals surface area contributed by atoms with Gasteiger partial charge in [-0.05, 0) is 12.6 Å². The molecule has 60 valence electrons. The van der Waals surface area contributed by atoms with Gasteiger partial charge in [-0.2, -0.15) is 0 Å². The van der Waals surface area contributed by atoms with E-state index in [1.54, 1.807) is 6.08 Å². The molecule has 0 saturated carbocycles. The van der Waals surface area contributed by atoms with E-state index in [4.69, 9.17) is 16.3 Å². The maximum atomic E-state index is 5.27. The molecule has 0 atom stereocenters. The molecule has 0 fully saturated rings. The zero-order valence-corrected chi connectivity index (χ0v) is 7.03. The molecule has 0 bridgehead atoms. The van der Waals surface area contributed by atoms with Crippen LogP contribution in [0, 0.1) is 0 Å². The third-order valence-electron chi connectivity index (χ3n) is 0.976. The Kier molecular flexibility index (Phi) is 8.91. The van der Waals surface area contributed by atoms with Crippen LogP contribution in [0.25, 0.3) is 0 Å². The molecule has 0 rings (SSSR count). The lowest BCUT2D eigenvalue weighted by Crippen LogP contribution is -2.18. The minimum atomic E-state index is 0.606. The van der Waals surface area contributed by atoms with Gasteiger partial charge in [-0.1, -0.05) is 18.5 Å². The normalized spacial score (nSPS) is 11.0. The molecule has 0 aromatic carbocycles. The molecule has 0 unspecified atom stereocenters. The summed E-state index contributed by atoms with van der Waals surface area (Å²) in [6, 6.07) is 0. The lowest BCUT2D eigenvalue weighted by Gasteiger charge is -2.00. The summed E-state index contributed by atoms with van der Waals surface area (Å²) < 4.78 is 5.14. The van der Waals surface area contributed by atoms with Crippen molar-refractivity contribution in [3.05, 3.63) is 11.6 Å². The van der Waals surface area contributed by atoms with Crippen LogP contribution < -0.4 is 5.32 Å². The Morgan fingerprint density at radius 2 is 2.40 bits per heavy atom. The van der Waals surface area contributed by atoms with Gasteiger partial charge in [-0.15, -0.1) is 0 Å². The third-order valence-corrected chi connectivity index (χ3v) is 1.15. The van der Waals surface area contributed by atoms with E-state index in [9.17, 15) is 0 Å². The first kappa shape index (κ1) is 9.95. The highest BCUT2D eigenvalue weighted by Crippen LogP contribution is 1.79. The first-order valence-corrected chi connectivity index (χ1v) is 3.89. The van der Waals surface area contributed by atoms with Gasteiger partial charge in [0.2, 0.25) is 0 Å². The number of likely N-dealkylation sites (N-methyl/N-ethyl adjacent to an activating group) is 1. The first-order valence-electron chi connectivity index (χ1n) is 3.45. The van der Waals surface area contributed by atoms with Crippen molar-refractivity contribution in [1.82, 2.24) is 5.32 Å². The summed E-state index contributed by atoms with van der Waals surface area (Å²) in [5.41, 5.74) is 1.47. The molecular weight excluding hydrogens is 150 g/mol. The van der Waals surface area contributed by atoms with Crippen molar-refractivity contribution in [1.29, 1.82) is 0 Å². The van der Waals surface area contributed by atoms with Gasteiger partial charge < -0.3 is 10.1 Å². The van der Waals surface area contributed by atoms with Gasteiger partial charge in [0.25, 0.3) is 0 Å². The van der Waals surface area contributed by atoms with Crippen molar-refractivity contribution < 1.29 is 4.74 Å². The van der Waals surface area contributed by atoms with Crippen LogP contribution in [0.1, 0.15) is 6.92 Å². The van der Waals surface area contributed by atoms with Crippen LogP contribution in [-0.2, 0) is 4.74 Å². The largest absolute Gasteiger partial charge is 0.376 e. The van der Waals surface area contributed by atoms with E-state index in [2.05, 4.69) is 12.2 Å². The van der Waals surface area contributed by atoms with Gasteiger partial charge >= 0.3 is 0 Å². The highest BCUT2D eigenvalue weighted by molar-refractivity contribution is 6.25. The summed E-state index contributed by atoms with van der Waals surface area (Å²) in [6.07, 6.45) is 1.77. The van der Waals surface area contributed by atoms with E-state index >= 15 is 0 Å². The minimum Gasteiger partial charge on any atom is -0.376 e. The molecule has 0 aliphatic rings. The number of nitrogens with one attached hydrogen (secondary N) is 1. The van der Waals surface area contributed by atoms with Gasteiger partial charge in [0.1, 0.15) is 0 Å². The maximum absolute atomic E-state index is 5.27. The summed E-state index contributed by atoms with van der Waals surface area (Å²) >= 11 is 5.27. The fourth-order valence-corrected chi connectivity index (χ4v) is 0.582. The van der Waals surface area contributed by atoms with Crippen LogP contribution in [0.3, 0.4) is 0 Å². The molecule has 0 aliphatic heterocycles. The molecule has 0 aliphatic carbocycles. The zero-order valence-electron chi connectivity index (χ0n) is 6.27. The van der Waals surface area contributed by atoms with Crippen molar-refractivity contribution in [2.24, 2.45) is 0 Å². The minimum absolute atomic E-state index is 0.606. The molecule has 0 aromatic heterocycles. The quantitative estimate of drug-likeness (QED) is 0.598. The molecular formula is C7H14ClNO. The fraction of sp³-hybridized carbons (Fsp3) is 0.714. The average molecular weight is 164 g/mol. The number of hydrogen-bond acceptors (Lipinski definition) is 2. The Morgan fingerprint density at radius 1 is 1.60 bits per heavy atom. The predicted molar refractivity (Wildman–Crippen MR) is 44.4 cm³/mol. The van der Waals surface area contributed by atoms with E-state index in [-0.39, 0.29) is 0 Å². The lowest BCUT2D eigenvalue weighted by molar-refractivity contribution is 0.164. The van der Waals surface area contributed by atoms with Crippen molar-refractivity contribution >= 4 is 11.6 Å². The molecule has 0 saturated heterocycles. The van der Waals surface area contributed by atoms with E-state index < -0.39 is 0 Å². The van der Waals surface area contributed by atoms with Crippen molar-refractivity contribution in [3.8, 4) is 0 Å². The van der Waals surface area contributed by atoms with Crippen LogP contribution in [0.5, 0.6) is 0 Å². The van der Waals surface area contributed by atoms with Crippen LogP contribution in [0.15, 0.2) is 11.6 Å². The Bertz CT molecular complexity index is 85.7. The molecule has 3 heteroatoms. The number of hydrogen-bond donors (Lipinski definition) is 1. The summed E-state index contributed by atoms with van der Waals surface area (Å²) in [4.78, 5) is 0. The molecule has 1 N–H and O–H groups in total. The Hall–Kier alpha value is -0.0500. The zero-order chi connectivity index (χ0) is 7.66. The number of ether oxygens (including phenoxy) is 1. The monoisotopic (exact) mass is 163 g/mol. The Morgan fingerprint density at radius 3 is 3.00 bits per heavy atom. The Labute approximate surface area is 67.2 Å². The highest BCUT2D eigenvalue weighted by atomic mass is 35.5. The third kappa shape index (κ3) is 7.95. The second kappa shape index (κ2) is 8.95. The number of rotatable bonds is 6. The van der Waals surface area contributed by atoms with Crippen molar-refractivity contribution in [2.75, 3.05) is 26.3 Å². The second-order valence-corrected chi connectivity index (χ2v) is 2.04. The van der Waals surface area contributed by atoms with Gasteiger partial charge in [-0.3, -0.25) is 0 Å². The van der Waals surface area contributed by atoms with Crippen LogP contribution in [0.2, 0.25) is 0 Å². The van der Waals surface area contributed by atoms with Crippen LogP contribution in [0.4, 0.5) is 0 Å². The summed E-state index contributed by atoms with van der Waals surface area (Å²) in [6.45, 7) is 5.32. The summed E-state index contributed by atoms with van der Waals surface area (Å²) in [7, 11) is 0. The standard InChI is InChI=1S/C7H14ClNO/c1-2-9-5-7-10-6-3-4-8/h3-4,9H,2,5-7H2,1H3/b4-3+. The van der Waals surface area contributed by atoms with Crippen LogP contribution >= 0.6 is 11.6 Å². The number of halogens is 1.